The van der Waals surface area contributed by atoms with Crippen LogP contribution in [0.25, 0.3) is 0 Å². The topological polar surface area (TPSA) is 50.1 Å². The number of halogens is 3. The molecule has 0 bridgehead atoms. The van der Waals surface area contributed by atoms with Gasteiger partial charge in [0.1, 0.15) is 6.07 Å². The number of ketones is 1. The van der Waals surface area contributed by atoms with Gasteiger partial charge in [0, 0.05) is 12.7 Å². The Morgan fingerprint density at radius 1 is 1.33 bits per heavy atom. The summed E-state index contributed by atoms with van der Waals surface area (Å²) in [5.74, 6) is -0.674. The van der Waals surface area contributed by atoms with E-state index in [9.17, 15) is 18.0 Å². The van der Waals surface area contributed by atoms with Crippen LogP contribution < -0.4 is 0 Å². The van der Waals surface area contributed by atoms with Crippen molar-refractivity contribution in [1.82, 2.24) is 0 Å². The molecule has 1 aromatic rings. The summed E-state index contributed by atoms with van der Waals surface area (Å²) in [5, 5.41) is 9.02. The van der Waals surface area contributed by atoms with Crippen molar-refractivity contribution in [3.8, 4) is 6.07 Å². The average molecular weight is 257 g/mol. The Balaban J connectivity index is 3.41. The zero-order chi connectivity index (χ0) is 14.0. The molecular weight excluding hydrogens is 247 g/mol. The summed E-state index contributed by atoms with van der Waals surface area (Å²) in [6.07, 6.45) is -4.54. The fourth-order valence-corrected chi connectivity index (χ4v) is 1.57. The first-order valence-electron chi connectivity index (χ1n) is 4.93. The molecule has 0 spiro atoms. The smallest absolute Gasteiger partial charge is 0.353 e. The van der Waals surface area contributed by atoms with Crippen LogP contribution in [-0.2, 0) is 21.3 Å². The molecular formula is C12H10F3NO2. The number of hydrogen-bond acceptors (Lipinski definition) is 3. The Labute approximate surface area is 102 Å². The number of benzene rings is 1. The zero-order valence-electron chi connectivity index (χ0n) is 9.71. The van der Waals surface area contributed by atoms with Gasteiger partial charge >= 0.3 is 6.18 Å². The van der Waals surface area contributed by atoms with Crippen LogP contribution in [0, 0.1) is 11.3 Å². The van der Waals surface area contributed by atoms with E-state index in [-0.39, 0.29) is 5.56 Å². The van der Waals surface area contributed by atoms with Crippen molar-refractivity contribution < 1.29 is 22.7 Å². The predicted molar refractivity (Wildman–Crippen MR) is 56.4 cm³/mol. The standard InChI is InChI=1S/C12H10F3NO2/c1-8(17)11(7-16,18-2)9-4-3-5-10(6-9)12(13,14)15/h3-6H,1-2H3. The van der Waals surface area contributed by atoms with Gasteiger partial charge in [0.15, 0.2) is 5.78 Å². The summed E-state index contributed by atoms with van der Waals surface area (Å²) < 4.78 is 42.5. The number of Topliss-reactive ketones (excluding diaryl/α,β-unsaturated/α-hetero) is 1. The van der Waals surface area contributed by atoms with Gasteiger partial charge in [0.2, 0.25) is 5.60 Å². The highest BCUT2D eigenvalue weighted by atomic mass is 19.4. The van der Waals surface area contributed by atoms with E-state index >= 15 is 0 Å². The molecule has 0 amide bonds. The van der Waals surface area contributed by atoms with Gasteiger partial charge in [-0.05, 0) is 19.1 Å². The largest absolute Gasteiger partial charge is 0.416 e. The van der Waals surface area contributed by atoms with Crippen molar-refractivity contribution in [2.24, 2.45) is 0 Å². The molecule has 0 aliphatic carbocycles. The second-order valence-corrected chi connectivity index (χ2v) is 3.63. The molecule has 0 heterocycles. The van der Waals surface area contributed by atoms with Crippen LogP contribution >= 0.6 is 0 Å². The number of nitriles is 1. The second-order valence-electron chi connectivity index (χ2n) is 3.63. The Morgan fingerprint density at radius 2 is 1.89 bits per heavy atom. The summed E-state index contributed by atoms with van der Waals surface area (Å²) in [6, 6.07) is 5.61. The van der Waals surface area contributed by atoms with Crippen LogP contribution in [0.3, 0.4) is 0 Å². The number of ether oxygens (including phenoxy) is 1. The van der Waals surface area contributed by atoms with Crippen molar-refractivity contribution >= 4 is 5.78 Å². The van der Waals surface area contributed by atoms with Gasteiger partial charge in [-0.25, -0.2) is 0 Å². The molecule has 18 heavy (non-hydrogen) atoms. The number of carbonyl (C=O) groups is 1. The van der Waals surface area contributed by atoms with Crippen LogP contribution in [0.4, 0.5) is 13.2 Å². The van der Waals surface area contributed by atoms with Crippen molar-refractivity contribution in [2.45, 2.75) is 18.7 Å². The van der Waals surface area contributed by atoms with Gasteiger partial charge in [0.05, 0.1) is 5.56 Å². The number of carbonyl (C=O) groups excluding carboxylic acids is 1. The van der Waals surface area contributed by atoms with E-state index in [1.807, 2.05) is 0 Å². The van der Waals surface area contributed by atoms with E-state index in [1.165, 1.54) is 6.07 Å². The lowest BCUT2D eigenvalue weighted by Gasteiger charge is -2.23. The van der Waals surface area contributed by atoms with Gasteiger partial charge in [-0.1, -0.05) is 12.1 Å². The Hall–Kier alpha value is -1.87. The Bertz CT molecular complexity index is 505. The lowest BCUT2D eigenvalue weighted by atomic mass is 9.90. The van der Waals surface area contributed by atoms with Crippen LogP contribution in [0.5, 0.6) is 0 Å². The van der Waals surface area contributed by atoms with Gasteiger partial charge < -0.3 is 4.74 Å². The molecule has 96 valence electrons. The van der Waals surface area contributed by atoms with Crippen molar-refractivity contribution in [2.75, 3.05) is 7.11 Å². The molecule has 6 heteroatoms. The molecule has 0 saturated heterocycles. The molecule has 0 aliphatic heterocycles. The van der Waals surface area contributed by atoms with Crippen LogP contribution in [-0.4, -0.2) is 12.9 Å². The van der Waals surface area contributed by atoms with Crippen molar-refractivity contribution in [1.29, 1.82) is 5.26 Å². The van der Waals surface area contributed by atoms with Crippen molar-refractivity contribution in [3.05, 3.63) is 35.4 Å². The average Bonchev–Trinajstić information content (AvgIpc) is 2.30. The maximum absolute atomic E-state index is 12.6. The molecule has 1 atom stereocenters. The summed E-state index contributed by atoms with van der Waals surface area (Å²) in [4.78, 5) is 11.5. The maximum atomic E-state index is 12.6. The van der Waals surface area contributed by atoms with Gasteiger partial charge in [-0.3, -0.25) is 4.79 Å². The Morgan fingerprint density at radius 3 is 2.28 bits per heavy atom. The van der Waals surface area contributed by atoms with E-state index in [2.05, 4.69) is 0 Å². The van der Waals surface area contributed by atoms with Crippen LogP contribution in [0.1, 0.15) is 18.1 Å². The first kappa shape index (κ1) is 14.2. The number of nitrogens with zero attached hydrogens (tertiary/aromatic N) is 1. The third-order valence-electron chi connectivity index (χ3n) is 2.56. The molecule has 0 saturated carbocycles. The van der Waals surface area contributed by atoms with Gasteiger partial charge in [-0.15, -0.1) is 0 Å². The van der Waals surface area contributed by atoms with E-state index in [4.69, 9.17) is 10.00 Å². The van der Waals surface area contributed by atoms with Crippen molar-refractivity contribution in [3.63, 3.8) is 0 Å². The SMILES string of the molecule is COC(C#N)(C(C)=O)c1cccc(C(F)(F)F)c1. The zero-order valence-corrected chi connectivity index (χ0v) is 9.71. The van der Waals surface area contributed by atoms with Crippen LogP contribution in [0.2, 0.25) is 0 Å². The number of methoxy groups -OCH3 is 1. The summed E-state index contributed by atoms with van der Waals surface area (Å²) >= 11 is 0. The summed E-state index contributed by atoms with van der Waals surface area (Å²) in [5.41, 5.74) is -3.06. The highest BCUT2D eigenvalue weighted by molar-refractivity contribution is 5.89. The molecule has 0 N–H and O–H groups in total. The Kier molecular flexibility index (Phi) is 3.77. The lowest BCUT2D eigenvalue weighted by Crippen LogP contribution is -2.34. The van der Waals surface area contributed by atoms with E-state index < -0.39 is 23.1 Å². The van der Waals surface area contributed by atoms with E-state index in [1.54, 1.807) is 6.07 Å². The van der Waals surface area contributed by atoms with Gasteiger partial charge in [-0.2, -0.15) is 18.4 Å². The highest BCUT2D eigenvalue weighted by Crippen LogP contribution is 2.33. The first-order chi connectivity index (χ1) is 8.28. The van der Waals surface area contributed by atoms with Crippen LogP contribution in [0.15, 0.2) is 24.3 Å². The number of alkyl halides is 3. The molecule has 1 aromatic carbocycles. The fourth-order valence-electron chi connectivity index (χ4n) is 1.57. The van der Waals surface area contributed by atoms with Gasteiger partial charge in [0.25, 0.3) is 0 Å². The third-order valence-corrected chi connectivity index (χ3v) is 2.56. The quantitative estimate of drug-likeness (QED) is 0.836. The minimum atomic E-state index is -4.54. The maximum Gasteiger partial charge on any atom is 0.416 e. The number of hydrogen-bond donors (Lipinski definition) is 0. The third kappa shape index (κ3) is 2.36. The monoisotopic (exact) mass is 257 g/mol. The second kappa shape index (κ2) is 4.78. The molecule has 1 unspecified atom stereocenters. The minimum absolute atomic E-state index is 0.130. The molecule has 3 nitrogen and oxygen atoms in total. The molecule has 0 aromatic heterocycles. The molecule has 0 aliphatic rings. The van der Waals surface area contributed by atoms with E-state index in [0.29, 0.717) is 0 Å². The highest BCUT2D eigenvalue weighted by Gasteiger charge is 2.40. The minimum Gasteiger partial charge on any atom is -0.353 e. The normalized spacial score (nSPS) is 14.7. The first-order valence-corrected chi connectivity index (χ1v) is 4.93. The summed E-state index contributed by atoms with van der Waals surface area (Å²) in [6.45, 7) is 1.09. The van der Waals surface area contributed by atoms with E-state index in [0.717, 1.165) is 32.2 Å². The molecule has 1 rings (SSSR count). The summed E-state index contributed by atoms with van der Waals surface area (Å²) in [7, 11) is 1.10. The number of rotatable bonds is 3. The predicted octanol–water partition coefficient (Wildman–Crippen LogP) is 2.66. The molecule has 0 fully saturated rings. The fraction of sp³-hybridized carbons (Fsp3) is 0.333. The molecule has 0 radical (unpaired) electrons. The lowest BCUT2D eigenvalue weighted by molar-refractivity contribution is -0.139.